The SMILES string of the molecule is O=C(O)c1ccc(NC(=O)N2C3CC(OCc4c(-c5c(Cl)cccc5Cl)noc4C4CC4)CC2C3)nc1. The second-order valence-corrected chi connectivity index (χ2v) is 10.6. The molecular formula is C26H24Cl2N4O5. The summed E-state index contributed by atoms with van der Waals surface area (Å²) in [5, 5.41) is 17.1. The maximum Gasteiger partial charge on any atom is 0.337 e. The van der Waals surface area contributed by atoms with Crippen LogP contribution in [0.1, 0.15) is 59.7 Å². The Labute approximate surface area is 222 Å². The largest absolute Gasteiger partial charge is 0.478 e. The van der Waals surface area contributed by atoms with Crippen molar-refractivity contribution in [3.05, 3.63) is 63.5 Å². The number of piperidine rings is 1. The van der Waals surface area contributed by atoms with Gasteiger partial charge in [-0.3, -0.25) is 5.32 Å². The van der Waals surface area contributed by atoms with Gasteiger partial charge in [-0.1, -0.05) is 34.4 Å². The number of fused-ring (bicyclic) bond motifs is 2. The first kappa shape index (κ1) is 24.2. The number of aromatic carboxylic acids is 1. The summed E-state index contributed by atoms with van der Waals surface area (Å²) in [5.41, 5.74) is 2.24. The van der Waals surface area contributed by atoms with Crippen molar-refractivity contribution in [2.24, 2.45) is 0 Å². The monoisotopic (exact) mass is 542 g/mol. The van der Waals surface area contributed by atoms with Crippen LogP contribution < -0.4 is 5.32 Å². The first-order valence-electron chi connectivity index (χ1n) is 12.2. The number of pyridine rings is 1. The van der Waals surface area contributed by atoms with E-state index in [1.54, 1.807) is 18.2 Å². The van der Waals surface area contributed by atoms with Gasteiger partial charge in [0.2, 0.25) is 0 Å². The number of aromatic nitrogens is 2. The molecule has 2 aliphatic carbocycles. The van der Waals surface area contributed by atoms with E-state index in [0.717, 1.165) is 43.4 Å². The van der Waals surface area contributed by atoms with E-state index in [2.05, 4.69) is 15.5 Å². The van der Waals surface area contributed by atoms with E-state index in [1.807, 2.05) is 4.90 Å². The number of carboxylic acids is 1. The molecule has 2 saturated heterocycles. The number of halogens is 2. The summed E-state index contributed by atoms with van der Waals surface area (Å²) >= 11 is 12.9. The molecule has 37 heavy (non-hydrogen) atoms. The minimum absolute atomic E-state index is 0.00250. The van der Waals surface area contributed by atoms with Gasteiger partial charge in [-0.15, -0.1) is 0 Å². The second kappa shape index (κ2) is 9.63. The molecule has 4 aliphatic rings. The molecule has 192 valence electrons. The van der Waals surface area contributed by atoms with Crippen molar-refractivity contribution >= 4 is 41.0 Å². The minimum Gasteiger partial charge on any atom is -0.478 e. The predicted molar refractivity (Wildman–Crippen MR) is 136 cm³/mol. The third-order valence-electron chi connectivity index (χ3n) is 7.31. The lowest BCUT2D eigenvalue weighted by Gasteiger charge is -2.54. The Balaban J connectivity index is 1.10. The number of carbonyl (C=O) groups is 2. The van der Waals surface area contributed by atoms with Gasteiger partial charge in [-0.25, -0.2) is 14.6 Å². The van der Waals surface area contributed by atoms with E-state index in [4.69, 9.17) is 37.6 Å². The van der Waals surface area contributed by atoms with Crippen LogP contribution in [0.2, 0.25) is 10.0 Å². The lowest BCUT2D eigenvalue weighted by molar-refractivity contribution is -0.0837. The van der Waals surface area contributed by atoms with Gasteiger partial charge in [0.25, 0.3) is 0 Å². The number of nitrogens with zero attached hydrogens (tertiary/aromatic N) is 3. The fourth-order valence-corrected chi connectivity index (χ4v) is 5.89. The molecule has 0 spiro atoms. The van der Waals surface area contributed by atoms with Crippen LogP contribution in [0.3, 0.4) is 0 Å². The van der Waals surface area contributed by atoms with E-state index < -0.39 is 5.97 Å². The van der Waals surface area contributed by atoms with Gasteiger partial charge >= 0.3 is 12.0 Å². The molecule has 11 heteroatoms. The Kier molecular flexibility index (Phi) is 6.30. The Morgan fingerprint density at radius 3 is 2.46 bits per heavy atom. The third kappa shape index (κ3) is 4.67. The summed E-state index contributed by atoms with van der Waals surface area (Å²) in [6.45, 7) is 0.336. The molecule has 2 unspecified atom stereocenters. The van der Waals surface area contributed by atoms with E-state index in [0.29, 0.717) is 39.6 Å². The number of hydrogen-bond donors (Lipinski definition) is 2. The van der Waals surface area contributed by atoms with Crippen LogP contribution >= 0.6 is 23.2 Å². The van der Waals surface area contributed by atoms with Crippen LogP contribution in [0, 0.1) is 0 Å². The molecule has 2 aromatic heterocycles. The van der Waals surface area contributed by atoms with Crippen molar-refractivity contribution in [2.75, 3.05) is 5.32 Å². The summed E-state index contributed by atoms with van der Waals surface area (Å²) in [4.78, 5) is 29.7. The van der Waals surface area contributed by atoms with Crippen molar-refractivity contribution in [3.63, 3.8) is 0 Å². The zero-order valence-electron chi connectivity index (χ0n) is 19.7. The van der Waals surface area contributed by atoms with Crippen molar-refractivity contribution in [1.82, 2.24) is 15.0 Å². The average molecular weight is 543 g/mol. The second-order valence-electron chi connectivity index (χ2n) is 9.77. The quantitative estimate of drug-likeness (QED) is 0.377. The van der Waals surface area contributed by atoms with Crippen LogP contribution in [0.25, 0.3) is 11.3 Å². The summed E-state index contributed by atoms with van der Waals surface area (Å²) in [6, 6.07) is 8.17. The van der Waals surface area contributed by atoms with Gasteiger partial charge < -0.3 is 19.3 Å². The highest BCUT2D eigenvalue weighted by atomic mass is 35.5. The predicted octanol–water partition coefficient (Wildman–Crippen LogP) is 5.97. The first-order valence-corrected chi connectivity index (χ1v) is 13.0. The van der Waals surface area contributed by atoms with Crippen molar-refractivity contribution in [3.8, 4) is 11.3 Å². The number of urea groups is 1. The number of rotatable bonds is 7. The van der Waals surface area contributed by atoms with Gasteiger partial charge in [0, 0.05) is 35.3 Å². The molecule has 2 N–H and O–H groups in total. The lowest BCUT2D eigenvalue weighted by atomic mass is 9.78. The number of amides is 2. The zero-order chi connectivity index (χ0) is 25.7. The molecule has 3 aromatic rings. The van der Waals surface area contributed by atoms with Crippen LogP contribution in [0.4, 0.5) is 10.6 Å². The number of hydrogen-bond acceptors (Lipinski definition) is 6. The molecule has 9 nitrogen and oxygen atoms in total. The van der Waals surface area contributed by atoms with Crippen molar-refractivity contribution < 1.29 is 24.0 Å². The minimum atomic E-state index is -1.06. The topological polar surface area (TPSA) is 118 Å². The highest BCUT2D eigenvalue weighted by molar-refractivity contribution is 6.39. The summed E-state index contributed by atoms with van der Waals surface area (Å²) in [5.74, 6) is 0.442. The molecule has 2 saturated carbocycles. The van der Waals surface area contributed by atoms with Gasteiger partial charge in [0.05, 0.1) is 28.3 Å². The number of anilines is 1. The fraction of sp³-hybridized carbons (Fsp3) is 0.385. The Hall–Kier alpha value is -3.14. The number of ether oxygens (including phenoxy) is 1. The average Bonchev–Trinajstić information content (AvgIpc) is 3.63. The molecule has 2 bridgehead atoms. The summed E-state index contributed by atoms with van der Waals surface area (Å²) in [7, 11) is 0. The number of benzene rings is 1. The smallest absolute Gasteiger partial charge is 0.337 e. The van der Waals surface area contributed by atoms with E-state index in [9.17, 15) is 9.59 Å². The van der Waals surface area contributed by atoms with Gasteiger partial charge in [0.1, 0.15) is 17.3 Å². The standard InChI is InChI=1S/C26H24Cl2N4O5/c27-19-2-1-3-20(28)22(19)23-18(24(37-31-23)13-4-5-13)12-36-17-9-15-8-16(10-17)32(15)26(35)30-21-7-6-14(11-29-21)25(33)34/h1-3,6-7,11,13,15-17H,4-5,8-10,12H2,(H,33,34)(H,29,30,35). The zero-order valence-corrected chi connectivity index (χ0v) is 21.2. The molecule has 4 heterocycles. The maximum atomic E-state index is 12.8. The van der Waals surface area contributed by atoms with E-state index in [-0.39, 0.29) is 29.8 Å². The van der Waals surface area contributed by atoms with E-state index in [1.165, 1.54) is 18.3 Å². The first-order chi connectivity index (χ1) is 17.9. The Morgan fingerprint density at radius 2 is 1.84 bits per heavy atom. The molecular weight excluding hydrogens is 519 g/mol. The fourth-order valence-electron chi connectivity index (χ4n) is 5.31. The van der Waals surface area contributed by atoms with Crippen LogP contribution in [0.15, 0.2) is 41.1 Å². The maximum absolute atomic E-state index is 12.8. The van der Waals surface area contributed by atoms with Crippen LogP contribution in [-0.4, -0.2) is 50.3 Å². The lowest BCUT2D eigenvalue weighted by Crippen LogP contribution is -2.65. The number of carboxylic acid groups (broad SMARTS) is 1. The number of carbonyl (C=O) groups excluding carboxylic acids is 1. The molecule has 2 amide bonds. The summed E-state index contributed by atoms with van der Waals surface area (Å²) in [6.07, 6.45) is 5.72. The molecule has 7 rings (SSSR count). The van der Waals surface area contributed by atoms with Crippen molar-refractivity contribution in [2.45, 2.75) is 62.8 Å². The van der Waals surface area contributed by atoms with Gasteiger partial charge in [-0.05, 0) is 56.4 Å². The van der Waals surface area contributed by atoms with Gasteiger partial charge in [-0.2, -0.15) is 0 Å². The number of nitrogens with one attached hydrogen (secondary N) is 1. The summed E-state index contributed by atoms with van der Waals surface area (Å²) < 4.78 is 12.1. The molecule has 1 aromatic carbocycles. The third-order valence-corrected chi connectivity index (χ3v) is 7.94. The Bertz CT molecular complexity index is 1330. The molecule has 0 radical (unpaired) electrons. The van der Waals surface area contributed by atoms with Crippen LogP contribution in [-0.2, 0) is 11.3 Å². The van der Waals surface area contributed by atoms with Crippen molar-refractivity contribution in [1.29, 1.82) is 0 Å². The normalized spacial score (nSPS) is 22.4. The highest BCUT2D eigenvalue weighted by Crippen LogP contribution is 2.47. The molecule has 4 fully saturated rings. The van der Waals surface area contributed by atoms with Crippen LogP contribution in [0.5, 0.6) is 0 Å². The van der Waals surface area contributed by atoms with E-state index >= 15 is 0 Å². The highest BCUT2D eigenvalue weighted by Gasteiger charge is 2.48. The Morgan fingerprint density at radius 1 is 1.11 bits per heavy atom. The molecule has 2 atom stereocenters. The molecule has 2 aliphatic heterocycles. The van der Waals surface area contributed by atoms with Gasteiger partial charge in [0.15, 0.2) is 0 Å².